The minimum Gasteiger partial charge on any atom is -0.317 e. The first-order valence-electron chi connectivity index (χ1n) is 6.62. The van der Waals surface area contributed by atoms with E-state index in [9.17, 15) is 0 Å². The van der Waals surface area contributed by atoms with Crippen molar-refractivity contribution in [2.24, 2.45) is 0 Å². The molecule has 0 saturated heterocycles. The van der Waals surface area contributed by atoms with Crippen LogP contribution in [0.25, 0.3) is 0 Å². The molecule has 0 unspecified atom stereocenters. The molecule has 0 aromatic rings. The van der Waals surface area contributed by atoms with E-state index in [1.54, 1.807) is 0 Å². The van der Waals surface area contributed by atoms with Crippen LogP contribution in [0, 0.1) is 0 Å². The first-order valence-corrected chi connectivity index (χ1v) is 6.62. The monoisotopic (exact) mass is 199 g/mol. The molecular formula is C13H29N. The Balaban J connectivity index is 2.78. The van der Waals surface area contributed by atoms with Crippen LogP contribution in [0.2, 0.25) is 0 Å². The van der Waals surface area contributed by atoms with Gasteiger partial charge in [-0.15, -0.1) is 0 Å². The van der Waals surface area contributed by atoms with E-state index >= 15 is 0 Å². The molecule has 0 aliphatic carbocycles. The molecule has 0 aliphatic heterocycles. The molecular weight excluding hydrogens is 170 g/mol. The van der Waals surface area contributed by atoms with Crippen molar-refractivity contribution in [2.75, 3.05) is 13.1 Å². The van der Waals surface area contributed by atoms with Gasteiger partial charge in [0.15, 0.2) is 0 Å². The zero-order chi connectivity index (χ0) is 10.5. The van der Waals surface area contributed by atoms with Gasteiger partial charge in [0.2, 0.25) is 0 Å². The molecule has 1 N–H and O–H groups in total. The molecule has 1 heteroatoms. The van der Waals surface area contributed by atoms with Gasteiger partial charge < -0.3 is 5.32 Å². The quantitative estimate of drug-likeness (QED) is 0.493. The Labute approximate surface area is 90.7 Å². The van der Waals surface area contributed by atoms with Crippen LogP contribution in [0.1, 0.15) is 71.6 Å². The van der Waals surface area contributed by atoms with E-state index in [-0.39, 0.29) is 0 Å². The first kappa shape index (κ1) is 14.0. The fourth-order valence-electron chi connectivity index (χ4n) is 1.66. The molecule has 0 aromatic heterocycles. The molecule has 0 atom stereocenters. The maximum absolute atomic E-state index is 3.52. The molecule has 0 saturated carbocycles. The standard InChI is InChI=1S/C13H29N/c1-3-5-7-9-11-13-14-12-10-8-6-4-2/h14H,3-13H2,1-2H3. The van der Waals surface area contributed by atoms with Crippen LogP contribution in [0.3, 0.4) is 0 Å². The van der Waals surface area contributed by atoms with Crippen molar-refractivity contribution in [2.45, 2.75) is 71.6 Å². The second kappa shape index (κ2) is 13.0. The minimum atomic E-state index is 1.23. The Morgan fingerprint density at radius 1 is 0.571 bits per heavy atom. The summed E-state index contributed by atoms with van der Waals surface area (Å²) >= 11 is 0. The van der Waals surface area contributed by atoms with Crippen molar-refractivity contribution >= 4 is 0 Å². The van der Waals surface area contributed by atoms with Crippen molar-refractivity contribution in [3.8, 4) is 0 Å². The van der Waals surface area contributed by atoms with Crippen LogP contribution in [-0.4, -0.2) is 13.1 Å². The van der Waals surface area contributed by atoms with Crippen LogP contribution in [0.5, 0.6) is 0 Å². The molecule has 0 aliphatic rings. The number of hydrogen-bond donors (Lipinski definition) is 1. The minimum absolute atomic E-state index is 1.23. The summed E-state index contributed by atoms with van der Waals surface area (Å²) in [4.78, 5) is 0. The highest BCUT2D eigenvalue weighted by atomic mass is 14.8. The van der Waals surface area contributed by atoms with Crippen LogP contribution in [-0.2, 0) is 0 Å². The summed E-state index contributed by atoms with van der Waals surface area (Å²) in [6.07, 6.45) is 12.5. The third kappa shape index (κ3) is 12.0. The second-order valence-electron chi connectivity index (χ2n) is 4.22. The lowest BCUT2D eigenvalue weighted by atomic mass is 10.1. The highest BCUT2D eigenvalue weighted by molar-refractivity contribution is 4.50. The summed E-state index contributed by atoms with van der Waals surface area (Å²) in [5.41, 5.74) is 0. The normalized spacial score (nSPS) is 10.7. The first-order chi connectivity index (χ1) is 6.91. The van der Waals surface area contributed by atoms with E-state index in [1.165, 1.54) is 70.9 Å². The van der Waals surface area contributed by atoms with Gasteiger partial charge in [-0.05, 0) is 25.9 Å². The molecule has 0 fully saturated rings. The number of rotatable bonds is 11. The maximum Gasteiger partial charge on any atom is -0.00489 e. The van der Waals surface area contributed by atoms with Gasteiger partial charge in [0.05, 0.1) is 0 Å². The maximum atomic E-state index is 3.52. The fourth-order valence-corrected chi connectivity index (χ4v) is 1.66. The van der Waals surface area contributed by atoms with Crippen molar-refractivity contribution < 1.29 is 0 Å². The molecule has 1 nitrogen and oxygen atoms in total. The third-order valence-electron chi connectivity index (χ3n) is 2.66. The Hall–Kier alpha value is -0.0400. The number of nitrogens with one attached hydrogen (secondary N) is 1. The Morgan fingerprint density at radius 2 is 1.00 bits per heavy atom. The number of unbranched alkanes of at least 4 members (excludes halogenated alkanes) is 7. The molecule has 0 heterocycles. The van der Waals surface area contributed by atoms with E-state index in [4.69, 9.17) is 0 Å². The molecule has 0 rings (SSSR count). The highest BCUT2D eigenvalue weighted by Crippen LogP contribution is 2.01. The average molecular weight is 199 g/mol. The zero-order valence-electron chi connectivity index (χ0n) is 10.3. The lowest BCUT2D eigenvalue weighted by Crippen LogP contribution is -2.16. The van der Waals surface area contributed by atoms with Crippen molar-refractivity contribution in [3.63, 3.8) is 0 Å². The Morgan fingerprint density at radius 3 is 1.50 bits per heavy atom. The van der Waals surface area contributed by atoms with Crippen LogP contribution in [0.4, 0.5) is 0 Å². The summed E-state index contributed by atoms with van der Waals surface area (Å²) < 4.78 is 0. The lowest BCUT2D eigenvalue weighted by molar-refractivity contribution is 0.558. The molecule has 0 amide bonds. The molecule has 0 spiro atoms. The van der Waals surface area contributed by atoms with Crippen LogP contribution < -0.4 is 5.32 Å². The summed E-state index contributed by atoms with van der Waals surface area (Å²) in [6, 6.07) is 0. The van der Waals surface area contributed by atoms with Crippen LogP contribution in [0.15, 0.2) is 0 Å². The average Bonchev–Trinajstić information content (AvgIpc) is 2.21. The molecule has 0 bridgehead atoms. The van der Waals surface area contributed by atoms with Crippen LogP contribution >= 0.6 is 0 Å². The van der Waals surface area contributed by atoms with Crippen molar-refractivity contribution in [1.82, 2.24) is 5.32 Å². The summed E-state index contributed by atoms with van der Waals surface area (Å²) in [5, 5.41) is 3.52. The predicted molar refractivity (Wildman–Crippen MR) is 65.8 cm³/mol. The van der Waals surface area contributed by atoms with Gasteiger partial charge in [-0.25, -0.2) is 0 Å². The summed E-state index contributed by atoms with van der Waals surface area (Å²) in [6.45, 7) is 7.00. The topological polar surface area (TPSA) is 12.0 Å². The largest absolute Gasteiger partial charge is 0.317 e. The molecule has 0 aromatic carbocycles. The van der Waals surface area contributed by atoms with Gasteiger partial charge in [0.1, 0.15) is 0 Å². The van der Waals surface area contributed by atoms with E-state index in [1.807, 2.05) is 0 Å². The SMILES string of the molecule is CCCCCCCNCCCCCC. The van der Waals surface area contributed by atoms with Gasteiger partial charge in [-0.2, -0.15) is 0 Å². The summed E-state index contributed by atoms with van der Waals surface area (Å²) in [5.74, 6) is 0. The van der Waals surface area contributed by atoms with E-state index in [0.717, 1.165) is 0 Å². The van der Waals surface area contributed by atoms with Gasteiger partial charge >= 0.3 is 0 Å². The second-order valence-corrected chi connectivity index (χ2v) is 4.22. The molecule has 0 radical (unpaired) electrons. The van der Waals surface area contributed by atoms with Gasteiger partial charge in [0, 0.05) is 0 Å². The Bertz CT molecular complexity index is 79.2. The van der Waals surface area contributed by atoms with Crippen molar-refractivity contribution in [1.29, 1.82) is 0 Å². The fraction of sp³-hybridized carbons (Fsp3) is 1.00. The number of hydrogen-bond acceptors (Lipinski definition) is 1. The van der Waals surface area contributed by atoms with Gasteiger partial charge in [-0.1, -0.05) is 58.8 Å². The Kier molecular flexibility index (Phi) is 12.9. The van der Waals surface area contributed by atoms with E-state index in [2.05, 4.69) is 19.2 Å². The van der Waals surface area contributed by atoms with Gasteiger partial charge in [0.25, 0.3) is 0 Å². The summed E-state index contributed by atoms with van der Waals surface area (Å²) in [7, 11) is 0. The van der Waals surface area contributed by atoms with E-state index < -0.39 is 0 Å². The lowest BCUT2D eigenvalue weighted by Gasteiger charge is -2.03. The molecule has 86 valence electrons. The third-order valence-corrected chi connectivity index (χ3v) is 2.66. The zero-order valence-corrected chi connectivity index (χ0v) is 10.3. The smallest absolute Gasteiger partial charge is 0.00489 e. The highest BCUT2D eigenvalue weighted by Gasteiger charge is 1.90. The van der Waals surface area contributed by atoms with Crippen molar-refractivity contribution in [3.05, 3.63) is 0 Å². The van der Waals surface area contributed by atoms with Gasteiger partial charge in [-0.3, -0.25) is 0 Å². The predicted octanol–water partition coefficient (Wildman–Crippen LogP) is 4.13. The molecule has 14 heavy (non-hydrogen) atoms. The van der Waals surface area contributed by atoms with E-state index in [0.29, 0.717) is 0 Å².